The minimum absolute atomic E-state index is 0.0124. The van der Waals surface area contributed by atoms with Crippen molar-refractivity contribution < 1.29 is 23.9 Å². The van der Waals surface area contributed by atoms with Gasteiger partial charge in [-0.05, 0) is 139 Å². The molecule has 296 valence electrons. The van der Waals surface area contributed by atoms with Crippen molar-refractivity contribution in [2.24, 2.45) is 0 Å². The zero-order valence-corrected chi connectivity index (χ0v) is 39.1. The molecule has 2 aromatic carbocycles. The van der Waals surface area contributed by atoms with Gasteiger partial charge >= 0.3 is 5.97 Å². The van der Waals surface area contributed by atoms with Crippen molar-refractivity contribution >= 4 is 108 Å². The summed E-state index contributed by atoms with van der Waals surface area (Å²) >= 11 is 6.51. The number of esters is 1. The van der Waals surface area contributed by atoms with E-state index in [-0.39, 0.29) is 42.1 Å². The first kappa shape index (κ1) is 47.7. The van der Waals surface area contributed by atoms with Crippen molar-refractivity contribution in [3.63, 3.8) is 0 Å². The third-order valence-corrected chi connectivity index (χ3v) is 12.0. The second kappa shape index (κ2) is 26.4. The normalized spacial score (nSPS) is 11.3. The maximum absolute atomic E-state index is 13.6. The summed E-state index contributed by atoms with van der Waals surface area (Å²) in [6.07, 6.45) is 21.9. The Hall–Kier alpha value is -1.49. The van der Waals surface area contributed by atoms with Gasteiger partial charge in [0.15, 0.2) is 0 Å². The Morgan fingerprint density at radius 2 is 0.981 bits per heavy atom. The van der Waals surface area contributed by atoms with Crippen LogP contribution in [0.4, 0.5) is 17.1 Å². The minimum Gasteiger partial charge on any atom is -0.460 e. The molecular formula is C42H62I3N3O5. The fourth-order valence-corrected chi connectivity index (χ4v) is 10.4. The summed E-state index contributed by atoms with van der Waals surface area (Å²) in [6, 6.07) is 8.10. The number of benzene rings is 2. The van der Waals surface area contributed by atoms with Gasteiger partial charge in [0.1, 0.15) is 17.2 Å². The van der Waals surface area contributed by atoms with Crippen molar-refractivity contribution in [2.75, 3.05) is 29.0 Å². The number of carbonyl (C=O) groups is 4. The van der Waals surface area contributed by atoms with E-state index in [0.717, 1.165) is 35.7 Å². The molecule has 53 heavy (non-hydrogen) atoms. The molecule has 0 aromatic heterocycles. The van der Waals surface area contributed by atoms with Crippen LogP contribution in [0.2, 0.25) is 0 Å². The summed E-state index contributed by atoms with van der Waals surface area (Å²) in [5, 5.41) is 9.42. The number of aryl methyl sites for hydroxylation is 1. The number of ether oxygens (including phenoxy) is 1. The number of hydrogen-bond acceptors (Lipinski definition) is 7. The van der Waals surface area contributed by atoms with Crippen LogP contribution in [0.5, 0.6) is 0 Å². The van der Waals surface area contributed by atoms with Gasteiger partial charge in [-0.15, -0.1) is 0 Å². The number of hydrogen-bond donors (Lipinski definition) is 3. The van der Waals surface area contributed by atoms with Crippen LogP contribution < -0.4 is 16.0 Å². The van der Waals surface area contributed by atoms with Crippen LogP contribution in [0.25, 0.3) is 0 Å². The summed E-state index contributed by atoms with van der Waals surface area (Å²) in [6.45, 7) is 9.08. The molecular weight excluding hydrogens is 1010 g/mol. The van der Waals surface area contributed by atoms with Gasteiger partial charge in [0.25, 0.3) is 5.91 Å². The fourth-order valence-electron chi connectivity index (χ4n) is 6.01. The predicted octanol–water partition coefficient (Wildman–Crippen LogP) is 12.3. The molecule has 0 spiro atoms. The molecule has 0 aliphatic rings. The number of carbonyl (C=O) groups excluding carboxylic acids is 4. The van der Waals surface area contributed by atoms with Gasteiger partial charge in [-0.1, -0.05) is 102 Å². The van der Waals surface area contributed by atoms with Crippen LogP contribution in [0.3, 0.4) is 0 Å². The molecule has 0 fully saturated rings. The SMILES string of the molecule is CC(=O)CNc1c(I)c(NCC(C)=O)c(I)c(C(=O)Nc2ccc(CCCCCCCCCCCCCCCCCCC(=O)OC(C)(C)C)cc2)c1I. The highest BCUT2D eigenvalue weighted by Crippen LogP contribution is 2.39. The first-order valence-electron chi connectivity index (χ1n) is 19.5. The van der Waals surface area contributed by atoms with E-state index >= 15 is 0 Å². The van der Waals surface area contributed by atoms with Gasteiger partial charge in [-0.3, -0.25) is 19.2 Å². The molecule has 0 unspecified atom stereocenters. The second-order valence-corrected chi connectivity index (χ2v) is 18.3. The van der Waals surface area contributed by atoms with Crippen molar-refractivity contribution in [1.82, 2.24) is 0 Å². The van der Waals surface area contributed by atoms with Crippen LogP contribution in [0.15, 0.2) is 24.3 Å². The summed E-state index contributed by atoms with van der Waals surface area (Å²) < 4.78 is 7.65. The lowest BCUT2D eigenvalue weighted by atomic mass is 10.0. The van der Waals surface area contributed by atoms with E-state index < -0.39 is 0 Å². The zero-order chi connectivity index (χ0) is 39.2. The average molecular weight is 1070 g/mol. The quantitative estimate of drug-likeness (QED) is 0.0464. The van der Waals surface area contributed by atoms with Crippen molar-refractivity contribution in [3.8, 4) is 0 Å². The number of nitrogens with one attached hydrogen (secondary N) is 3. The van der Waals surface area contributed by atoms with Gasteiger partial charge < -0.3 is 20.7 Å². The third-order valence-electron chi connectivity index (χ3n) is 8.80. The molecule has 0 heterocycles. The number of anilines is 3. The number of amides is 1. The van der Waals surface area contributed by atoms with Gasteiger partial charge in [-0.2, -0.15) is 0 Å². The van der Waals surface area contributed by atoms with Crippen LogP contribution in [-0.4, -0.2) is 42.1 Å². The van der Waals surface area contributed by atoms with Crippen molar-refractivity contribution in [1.29, 1.82) is 0 Å². The van der Waals surface area contributed by atoms with Crippen LogP contribution in [0, 0.1) is 10.7 Å². The molecule has 8 nitrogen and oxygen atoms in total. The summed E-state index contributed by atoms with van der Waals surface area (Å²) in [5.74, 6) is -0.333. The molecule has 2 rings (SSSR count). The first-order chi connectivity index (χ1) is 25.2. The summed E-state index contributed by atoms with van der Waals surface area (Å²) in [5.41, 5.74) is 3.52. The van der Waals surface area contributed by atoms with Crippen LogP contribution >= 0.6 is 67.8 Å². The Bertz CT molecular complexity index is 1410. The zero-order valence-electron chi connectivity index (χ0n) is 32.6. The maximum Gasteiger partial charge on any atom is 0.306 e. The Kier molecular flexibility index (Phi) is 23.7. The van der Waals surface area contributed by atoms with Gasteiger partial charge in [0.2, 0.25) is 0 Å². The first-order valence-corrected chi connectivity index (χ1v) is 22.7. The predicted molar refractivity (Wildman–Crippen MR) is 245 cm³/mol. The topological polar surface area (TPSA) is 114 Å². The Morgan fingerprint density at radius 3 is 1.38 bits per heavy atom. The number of rotatable bonds is 27. The molecule has 3 N–H and O–H groups in total. The lowest BCUT2D eigenvalue weighted by Crippen LogP contribution is -2.23. The van der Waals surface area contributed by atoms with Crippen molar-refractivity contribution in [2.45, 2.75) is 156 Å². The standard InChI is InChI=1S/C42H62I3N3O5/c1-30(49)28-46-39-36(43)35(37(44)40(38(39)45)47-29-31(2)50)41(52)48-33-26-24-32(25-27-33)22-20-18-16-14-12-10-8-6-7-9-11-13-15-17-19-21-23-34(51)53-42(3,4)5/h24-27,46-47H,6-23,28-29H2,1-5H3,(H,48,52). The van der Waals surface area contributed by atoms with Crippen LogP contribution in [0.1, 0.15) is 160 Å². The monoisotopic (exact) mass is 1070 g/mol. The molecule has 0 aliphatic carbocycles. The summed E-state index contributed by atoms with van der Waals surface area (Å²) in [4.78, 5) is 48.8. The molecule has 1 amide bonds. The van der Waals surface area contributed by atoms with E-state index in [1.54, 1.807) is 0 Å². The fraction of sp³-hybridized carbons (Fsp3) is 0.619. The molecule has 0 saturated heterocycles. The summed E-state index contributed by atoms with van der Waals surface area (Å²) in [7, 11) is 0. The van der Waals surface area contributed by atoms with E-state index in [9.17, 15) is 19.2 Å². The van der Waals surface area contributed by atoms with E-state index in [4.69, 9.17) is 4.74 Å². The lowest BCUT2D eigenvalue weighted by molar-refractivity contribution is -0.155. The molecule has 0 bridgehead atoms. The smallest absolute Gasteiger partial charge is 0.306 e. The Labute approximate surface area is 360 Å². The Morgan fingerprint density at radius 1 is 0.585 bits per heavy atom. The van der Waals surface area contributed by atoms with Crippen molar-refractivity contribution in [3.05, 3.63) is 46.1 Å². The van der Waals surface area contributed by atoms with E-state index in [0.29, 0.717) is 23.4 Å². The highest BCUT2D eigenvalue weighted by Gasteiger charge is 2.25. The van der Waals surface area contributed by atoms with E-state index in [2.05, 4.69) is 95.9 Å². The van der Waals surface area contributed by atoms with E-state index in [1.165, 1.54) is 109 Å². The maximum atomic E-state index is 13.6. The molecule has 2 aromatic rings. The Balaban J connectivity index is 1.61. The molecule has 0 saturated carbocycles. The third kappa shape index (κ3) is 20.3. The molecule has 0 radical (unpaired) electrons. The van der Waals surface area contributed by atoms with Crippen LogP contribution in [-0.2, 0) is 25.5 Å². The second-order valence-electron chi connectivity index (χ2n) is 15.1. The lowest BCUT2D eigenvalue weighted by Gasteiger charge is -2.20. The number of ketones is 2. The number of halogens is 3. The van der Waals surface area contributed by atoms with Gasteiger partial charge in [0, 0.05) is 12.1 Å². The molecule has 11 heteroatoms. The minimum atomic E-state index is -0.377. The molecule has 0 atom stereocenters. The van der Waals surface area contributed by atoms with Gasteiger partial charge in [0.05, 0.1) is 40.7 Å². The highest BCUT2D eigenvalue weighted by molar-refractivity contribution is 14.1. The number of unbranched alkanes of at least 4 members (excludes halogenated alkanes) is 15. The van der Waals surface area contributed by atoms with Gasteiger partial charge in [-0.25, -0.2) is 0 Å². The molecule has 0 aliphatic heterocycles. The highest BCUT2D eigenvalue weighted by atomic mass is 127. The largest absolute Gasteiger partial charge is 0.460 e. The average Bonchev–Trinajstić information content (AvgIpc) is 3.07. The number of Topliss-reactive ketones (excluding diaryl/α,β-unsaturated/α-hetero) is 2. The van der Waals surface area contributed by atoms with E-state index in [1.807, 2.05) is 32.9 Å².